The number of ether oxygens (including phenoxy) is 1. The first-order chi connectivity index (χ1) is 14.5. The number of aromatic nitrogens is 2. The molecule has 0 spiro atoms. The van der Waals surface area contributed by atoms with Crippen molar-refractivity contribution in [3.05, 3.63) is 65.8 Å². The number of amides is 1. The Bertz CT molecular complexity index is 1160. The number of pyridine rings is 1. The number of benzene rings is 1. The van der Waals surface area contributed by atoms with Gasteiger partial charge in [0, 0.05) is 6.54 Å². The number of aliphatic hydroxyl groups is 1. The van der Waals surface area contributed by atoms with Crippen molar-refractivity contribution in [2.45, 2.75) is 13.0 Å². The Morgan fingerprint density at radius 2 is 2.10 bits per heavy atom. The monoisotopic (exact) mass is 411 g/mol. The van der Waals surface area contributed by atoms with Crippen LogP contribution in [0.25, 0.3) is 22.6 Å². The lowest BCUT2D eigenvalue weighted by Gasteiger charge is -2.14. The predicted octanol–water partition coefficient (Wildman–Crippen LogP) is 3.10. The number of aryl methyl sites for hydroxylation is 1. The number of nitrogens with zero attached hydrogens (tertiary/aromatic N) is 2. The van der Waals surface area contributed by atoms with Gasteiger partial charge in [-0.25, -0.2) is 9.37 Å². The Kier molecular flexibility index (Phi) is 5.44. The van der Waals surface area contributed by atoms with Gasteiger partial charge in [-0.05, 0) is 49.4 Å². The predicted molar refractivity (Wildman–Crippen MR) is 104 cm³/mol. The summed E-state index contributed by atoms with van der Waals surface area (Å²) in [6, 6.07) is 10.5. The first kappa shape index (κ1) is 19.6. The molecular formula is C21H18FN3O5. The van der Waals surface area contributed by atoms with Crippen molar-refractivity contribution in [3.8, 4) is 17.2 Å². The quantitative estimate of drug-likeness (QED) is 0.481. The van der Waals surface area contributed by atoms with Gasteiger partial charge in [-0.3, -0.25) is 4.79 Å². The number of nitrogens with one attached hydrogen (secondary N) is 1. The highest BCUT2D eigenvalue weighted by molar-refractivity contribution is 6.06. The second-order valence-electron chi connectivity index (χ2n) is 6.61. The number of carbonyl (C=O) groups is 1. The lowest BCUT2D eigenvalue weighted by Crippen LogP contribution is -2.35. The minimum atomic E-state index is -0.968. The molecular weight excluding hydrogens is 393 g/mol. The molecule has 8 nitrogen and oxygen atoms in total. The minimum absolute atomic E-state index is 0.0513. The maximum Gasteiger partial charge on any atom is 0.259 e. The van der Waals surface area contributed by atoms with E-state index in [0.717, 1.165) is 0 Å². The number of furan rings is 1. The van der Waals surface area contributed by atoms with Gasteiger partial charge in [-0.15, -0.1) is 0 Å². The fraction of sp³-hybridized carbons (Fsp3) is 0.190. The van der Waals surface area contributed by atoms with Crippen LogP contribution in [-0.2, 0) is 0 Å². The van der Waals surface area contributed by atoms with Crippen molar-refractivity contribution in [2.24, 2.45) is 0 Å². The Labute approximate surface area is 170 Å². The second-order valence-corrected chi connectivity index (χ2v) is 6.61. The van der Waals surface area contributed by atoms with Crippen molar-refractivity contribution in [3.63, 3.8) is 0 Å². The van der Waals surface area contributed by atoms with E-state index < -0.39 is 12.0 Å². The largest absolute Gasteiger partial charge is 0.491 e. The SMILES string of the molecule is Cc1noc2nc(-c3ccco3)cc(C(=O)NC[C@H](O)COc3ccc(F)cc3)c12. The van der Waals surface area contributed by atoms with Crippen LogP contribution in [0.5, 0.6) is 5.75 Å². The van der Waals surface area contributed by atoms with Gasteiger partial charge in [-0.2, -0.15) is 0 Å². The highest BCUT2D eigenvalue weighted by atomic mass is 19.1. The van der Waals surface area contributed by atoms with Gasteiger partial charge in [0.1, 0.15) is 30.0 Å². The molecule has 3 aromatic heterocycles. The van der Waals surface area contributed by atoms with Crippen LogP contribution in [0.4, 0.5) is 4.39 Å². The average Bonchev–Trinajstić information content (AvgIpc) is 3.41. The van der Waals surface area contributed by atoms with E-state index in [1.165, 1.54) is 30.5 Å². The lowest BCUT2D eigenvalue weighted by molar-refractivity contribution is 0.0845. The first-order valence-corrected chi connectivity index (χ1v) is 9.17. The van der Waals surface area contributed by atoms with Crippen LogP contribution in [0, 0.1) is 12.7 Å². The third kappa shape index (κ3) is 4.15. The molecule has 0 fully saturated rings. The summed E-state index contributed by atoms with van der Waals surface area (Å²) in [4.78, 5) is 17.2. The first-order valence-electron chi connectivity index (χ1n) is 9.17. The number of hydrogen-bond acceptors (Lipinski definition) is 7. The van der Waals surface area contributed by atoms with Crippen LogP contribution in [0.3, 0.4) is 0 Å². The number of hydrogen-bond donors (Lipinski definition) is 2. The molecule has 0 bridgehead atoms. The number of halogens is 1. The van der Waals surface area contributed by atoms with Crippen LogP contribution in [0.1, 0.15) is 16.1 Å². The van der Waals surface area contributed by atoms with Gasteiger partial charge in [0.15, 0.2) is 5.76 Å². The molecule has 1 aromatic carbocycles. The molecule has 0 saturated carbocycles. The van der Waals surface area contributed by atoms with Crippen LogP contribution in [-0.4, -0.2) is 40.4 Å². The van der Waals surface area contributed by atoms with E-state index in [1.54, 1.807) is 25.1 Å². The zero-order chi connectivity index (χ0) is 21.1. The minimum Gasteiger partial charge on any atom is -0.491 e. The molecule has 4 aromatic rings. The van der Waals surface area contributed by atoms with Crippen LogP contribution < -0.4 is 10.1 Å². The van der Waals surface area contributed by atoms with Crippen molar-refractivity contribution in [1.82, 2.24) is 15.5 Å². The molecule has 1 amide bonds. The summed E-state index contributed by atoms with van der Waals surface area (Å²) >= 11 is 0. The number of rotatable bonds is 7. The van der Waals surface area contributed by atoms with Gasteiger partial charge in [0.05, 0.1) is 22.9 Å². The standard InChI is InChI=1S/C21H18FN3O5/c1-12-19-16(9-17(18-3-2-8-28-18)24-21(19)30-25-12)20(27)23-10-14(26)11-29-15-6-4-13(22)5-7-15/h2-9,14,26H,10-11H2,1H3,(H,23,27)/t14-/m0/s1. The van der Waals surface area contributed by atoms with Crippen molar-refractivity contribution in [2.75, 3.05) is 13.2 Å². The van der Waals surface area contributed by atoms with Gasteiger partial charge >= 0.3 is 0 Å². The Morgan fingerprint density at radius 3 is 2.83 bits per heavy atom. The Balaban J connectivity index is 1.46. The van der Waals surface area contributed by atoms with E-state index >= 15 is 0 Å². The lowest BCUT2D eigenvalue weighted by atomic mass is 10.1. The molecule has 0 aliphatic rings. The maximum atomic E-state index is 12.9. The number of fused-ring (bicyclic) bond motifs is 1. The topological polar surface area (TPSA) is 111 Å². The number of carbonyl (C=O) groups excluding carboxylic acids is 1. The molecule has 0 radical (unpaired) electrons. The summed E-state index contributed by atoms with van der Waals surface area (Å²) in [5, 5.41) is 17.2. The summed E-state index contributed by atoms with van der Waals surface area (Å²) in [6.45, 7) is 1.59. The van der Waals surface area contributed by atoms with Gasteiger partial charge in [0.2, 0.25) is 0 Å². The highest BCUT2D eigenvalue weighted by Gasteiger charge is 2.20. The molecule has 2 N–H and O–H groups in total. The Morgan fingerprint density at radius 1 is 1.30 bits per heavy atom. The summed E-state index contributed by atoms with van der Waals surface area (Å²) in [5.74, 6) is 0.0904. The summed E-state index contributed by atoms with van der Waals surface area (Å²) in [5.41, 5.74) is 1.46. The van der Waals surface area contributed by atoms with E-state index in [1.807, 2.05) is 0 Å². The molecule has 30 heavy (non-hydrogen) atoms. The Hall–Kier alpha value is -3.72. The molecule has 3 heterocycles. The van der Waals surface area contributed by atoms with E-state index in [4.69, 9.17) is 13.7 Å². The van der Waals surface area contributed by atoms with E-state index in [-0.39, 0.29) is 24.7 Å². The zero-order valence-electron chi connectivity index (χ0n) is 16.0. The molecule has 1 atom stereocenters. The normalized spacial score (nSPS) is 12.1. The van der Waals surface area contributed by atoms with Crippen molar-refractivity contribution in [1.29, 1.82) is 0 Å². The molecule has 9 heteroatoms. The smallest absolute Gasteiger partial charge is 0.259 e. The average molecular weight is 411 g/mol. The van der Waals surface area contributed by atoms with Gasteiger partial charge < -0.3 is 24.1 Å². The number of aliphatic hydroxyl groups excluding tert-OH is 1. The second kappa shape index (κ2) is 8.34. The van der Waals surface area contributed by atoms with E-state index in [0.29, 0.717) is 33.8 Å². The van der Waals surface area contributed by atoms with Crippen LogP contribution in [0.15, 0.2) is 57.7 Å². The van der Waals surface area contributed by atoms with E-state index in [9.17, 15) is 14.3 Å². The maximum absolute atomic E-state index is 12.9. The van der Waals surface area contributed by atoms with Crippen molar-refractivity contribution < 1.29 is 28.0 Å². The van der Waals surface area contributed by atoms with Crippen LogP contribution >= 0.6 is 0 Å². The fourth-order valence-corrected chi connectivity index (χ4v) is 2.91. The third-order valence-corrected chi connectivity index (χ3v) is 4.39. The van der Waals surface area contributed by atoms with Gasteiger partial charge in [-0.1, -0.05) is 5.16 Å². The zero-order valence-corrected chi connectivity index (χ0v) is 16.0. The molecule has 154 valence electrons. The molecule has 0 unspecified atom stereocenters. The molecule has 0 saturated heterocycles. The van der Waals surface area contributed by atoms with Crippen molar-refractivity contribution >= 4 is 17.0 Å². The summed E-state index contributed by atoms with van der Waals surface area (Å²) < 4.78 is 28.9. The molecule has 0 aliphatic carbocycles. The van der Waals surface area contributed by atoms with Gasteiger partial charge in [0.25, 0.3) is 11.6 Å². The van der Waals surface area contributed by atoms with E-state index in [2.05, 4.69) is 15.5 Å². The highest BCUT2D eigenvalue weighted by Crippen LogP contribution is 2.27. The van der Waals surface area contributed by atoms with Crippen LogP contribution in [0.2, 0.25) is 0 Å². The molecule has 0 aliphatic heterocycles. The summed E-state index contributed by atoms with van der Waals surface area (Å²) in [7, 11) is 0. The molecule has 4 rings (SSSR count). The fourth-order valence-electron chi connectivity index (χ4n) is 2.91. The third-order valence-electron chi connectivity index (χ3n) is 4.39. The summed E-state index contributed by atoms with van der Waals surface area (Å²) in [6.07, 6.45) is 0.536.